The highest BCUT2D eigenvalue weighted by atomic mass is 32.2. The fraction of sp³-hybridized carbons (Fsp3) is 1.00. The van der Waals surface area contributed by atoms with Gasteiger partial charge in [-0.3, -0.25) is 0 Å². The minimum Gasteiger partial charge on any atom is -0.312 e. The molecule has 0 aliphatic carbocycles. The van der Waals surface area contributed by atoms with E-state index in [0.717, 1.165) is 25.9 Å². The maximum Gasteiger partial charge on any atom is 0.151 e. The lowest BCUT2D eigenvalue weighted by Crippen LogP contribution is -2.44. The fourth-order valence-corrected chi connectivity index (χ4v) is 5.08. The van der Waals surface area contributed by atoms with Crippen LogP contribution in [0.4, 0.5) is 0 Å². The van der Waals surface area contributed by atoms with Crippen molar-refractivity contribution in [2.75, 3.05) is 49.2 Å². The number of nitrogens with zero attached hydrogens (tertiary/aromatic N) is 1. The summed E-state index contributed by atoms with van der Waals surface area (Å²) in [6.07, 6.45) is 1.83. The molecule has 2 heterocycles. The van der Waals surface area contributed by atoms with E-state index in [-0.39, 0.29) is 6.04 Å². The van der Waals surface area contributed by atoms with Crippen molar-refractivity contribution < 1.29 is 8.42 Å². The molecule has 6 heteroatoms. The monoisotopic (exact) mass is 278 g/mol. The molecule has 100 valence electrons. The average molecular weight is 278 g/mol. The topological polar surface area (TPSA) is 49.4 Å². The van der Waals surface area contributed by atoms with E-state index in [9.17, 15) is 8.42 Å². The van der Waals surface area contributed by atoms with E-state index >= 15 is 0 Å². The van der Waals surface area contributed by atoms with E-state index in [1.807, 2.05) is 11.8 Å². The van der Waals surface area contributed by atoms with Crippen molar-refractivity contribution in [3.63, 3.8) is 0 Å². The SMILES string of the molecule is O=S1(=O)CCCC(NCCN2CCSCC2)C1. The Morgan fingerprint density at radius 3 is 2.76 bits per heavy atom. The van der Waals surface area contributed by atoms with Crippen molar-refractivity contribution in [2.24, 2.45) is 0 Å². The van der Waals surface area contributed by atoms with Crippen LogP contribution in [-0.4, -0.2) is 68.5 Å². The summed E-state index contributed by atoms with van der Waals surface area (Å²) >= 11 is 2.02. The fourth-order valence-electron chi connectivity index (χ4n) is 2.44. The summed E-state index contributed by atoms with van der Waals surface area (Å²) in [5.41, 5.74) is 0. The number of thioether (sulfide) groups is 1. The Morgan fingerprint density at radius 1 is 1.29 bits per heavy atom. The van der Waals surface area contributed by atoms with Crippen molar-refractivity contribution in [1.82, 2.24) is 10.2 Å². The largest absolute Gasteiger partial charge is 0.312 e. The number of hydrogen-bond donors (Lipinski definition) is 1. The summed E-state index contributed by atoms with van der Waals surface area (Å²) < 4.78 is 22.9. The molecule has 1 atom stereocenters. The molecule has 4 nitrogen and oxygen atoms in total. The summed E-state index contributed by atoms with van der Waals surface area (Å²) in [5.74, 6) is 3.19. The lowest BCUT2D eigenvalue weighted by molar-refractivity contribution is 0.294. The van der Waals surface area contributed by atoms with Gasteiger partial charge in [-0.2, -0.15) is 11.8 Å². The zero-order chi connectivity index (χ0) is 12.1. The van der Waals surface area contributed by atoms with Crippen molar-refractivity contribution in [1.29, 1.82) is 0 Å². The van der Waals surface area contributed by atoms with Gasteiger partial charge in [0.15, 0.2) is 9.84 Å². The molecule has 0 aromatic carbocycles. The molecule has 2 fully saturated rings. The Labute approximate surface area is 108 Å². The standard InChI is InChI=1S/C11H22N2O2S2/c14-17(15)9-1-2-11(10-17)12-3-4-13-5-7-16-8-6-13/h11-12H,1-10H2. The van der Waals surface area contributed by atoms with Gasteiger partial charge >= 0.3 is 0 Å². The van der Waals surface area contributed by atoms with Gasteiger partial charge in [-0.1, -0.05) is 0 Å². The molecule has 0 saturated carbocycles. The molecule has 0 aromatic heterocycles. The first-order valence-electron chi connectivity index (χ1n) is 6.40. The lowest BCUT2D eigenvalue weighted by Gasteiger charge is -2.28. The third-order valence-corrected chi connectivity index (χ3v) is 6.19. The van der Waals surface area contributed by atoms with Gasteiger partial charge in [-0.25, -0.2) is 8.42 Å². The normalized spacial score (nSPS) is 30.2. The van der Waals surface area contributed by atoms with Crippen molar-refractivity contribution >= 4 is 21.6 Å². The molecule has 2 aliphatic heterocycles. The number of sulfone groups is 1. The van der Waals surface area contributed by atoms with Crippen LogP contribution in [0, 0.1) is 0 Å². The van der Waals surface area contributed by atoms with E-state index in [1.54, 1.807) is 0 Å². The van der Waals surface area contributed by atoms with Crippen LogP contribution in [0.25, 0.3) is 0 Å². The Balaban J connectivity index is 1.64. The van der Waals surface area contributed by atoms with Gasteiger partial charge in [0.05, 0.1) is 11.5 Å². The van der Waals surface area contributed by atoms with E-state index in [0.29, 0.717) is 11.5 Å². The predicted molar refractivity (Wildman–Crippen MR) is 73.4 cm³/mol. The Morgan fingerprint density at radius 2 is 2.06 bits per heavy atom. The second-order valence-corrected chi connectivity index (χ2v) is 8.32. The van der Waals surface area contributed by atoms with Crippen LogP contribution in [0.2, 0.25) is 0 Å². The van der Waals surface area contributed by atoms with Gasteiger partial charge in [0.1, 0.15) is 0 Å². The van der Waals surface area contributed by atoms with Gasteiger partial charge in [0.2, 0.25) is 0 Å². The van der Waals surface area contributed by atoms with Crippen LogP contribution < -0.4 is 5.32 Å². The molecule has 2 saturated heterocycles. The number of rotatable bonds is 4. The molecule has 1 N–H and O–H groups in total. The third kappa shape index (κ3) is 4.77. The zero-order valence-electron chi connectivity index (χ0n) is 10.2. The van der Waals surface area contributed by atoms with Gasteiger partial charge in [-0.05, 0) is 12.8 Å². The molecule has 2 rings (SSSR count). The molecule has 0 aromatic rings. The van der Waals surface area contributed by atoms with Gasteiger partial charge < -0.3 is 10.2 Å². The summed E-state index contributed by atoms with van der Waals surface area (Å²) in [7, 11) is -2.77. The zero-order valence-corrected chi connectivity index (χ0v) is 11.9. The molecule has 2 aliphatic rings. The van der Waals surface area contributed by atoms with Crippen LogP contribution in [0.1, 0.15) is 12.8 Å². The second kappa shape index (κ2) is 6.41. The van der Waals surface area contributed by atoms with Crippen LogP contribution in [0.15, 0.2) is 0 Å². The van der Waals surface area contributed by atoms with Crippen LogP contribution >= 0.6 is 11.8 Å². The molecule has 0 radical (unpaired) electrons. The number of hydrogen-bond acceptors (Lipinski definition) is 5. The maximum absolute atomic E-state index is 11.5. The smallest absolute Gasteiger partial charge is 0.151 e. The minimum atomic E-state index is -2.77. The van der Waals surface area contributed by atoms with Gasteiger partial charge in [-0.15, -0.1) is 0 Å². The Bertz CT molecular complexity index is 326. The van der Waals surface area contributed by atoms with Crippen molar-refractivity contribution in [2.45, 2.75) is 18.9 Å². The summed E-state index contributed by atoms with van der Waals surface area (Å²) in [4.78, 5) is 2.46. The van der Waals surface area contributed by atoms with E-state index in [2.05, 4.69) is 10.2 Å². The third-order valence-electron chi connectivity index (χ3n) is 3.43. The predicted octanol–water partition coefficient (Wildman–Crippen LogP) is 0.202. The first-order chi connectivity index (χ1) is 8.16. The van der Waals surface area contributed by atoms with Gasteiger partial charge in [0.25, 0.3) is 0 Å². The van der Waals surface area contributed by atoms with Crippen LogP contribution in [0.3, 0.4) is 0 Å². The summed E-state index contributed by atoms with van der Waals surface area (Å²) in [6, 6.07) is 0.188. The van der Waals surface area contributed by atoms with Crippen molar-refractivity contribution in [3.8, 4) is 0 Å². The number of nitrogens with one attached hydrogen (secondary N) is 1. The Hall–Kier alpha value is 0.220. The van der Waals surface area contributed by atoms with Crippen molar-refractivity contribution in [3.05, 3.63) is 0 Å². The molecule has 0 amide bonds. The van der Waals surface area contributed by atoms with Crippen LogP contribution in [-0.2, 0) is 9.84 Å². The Kier molecular flexibility index (Phi) is 5.14. The maximum atomic E-state index is 11.5. The first kappa shape index (κ1) is 13.6. The minimum absolute atomic E-state index is 0.188. The molecular formula is C11H22N2O2S2. The second-order valence-electron chi connectivity index (χ2n) is 4.86. The van der Waals surface area contributed by atoms with Crippen LogP contribution in [0.5, 0.6) is 0 Å². The van der Waals surface area contributed by atoms with E-state index < -0.39 is 9.84 Å². The molecule has 0 bridgehead atoms. The van der Waals surface area contributed by atoms with E-state index in [4.69, 9.17) is 0 Å². The average Bonchev–Trinajstić information content (AvgIpc) is 2.29. The lowest BCUT2D eigenvalue weighted by atomic mass is 10.2. The molecule has 17 heavy (non-hydrogen) atoms. The van der Waals surface area contributed by atoms with Gasteiger partial charge in [0, 0.05) is 43.7 Å². The summed E-state index contributed by atoms with van der Waals surface area (Å²) in [6.45, 7) is 4.33. The highest BCUT2D eigenvalue weighted by molar-refractivity contribution is 7.99. The summed E-state index contributed by atoms with van der Waals surface area (Å²) in [5, 5.41) is 3.40. The molecule has 1 unspecified atom stereocenters. The molecule has 0 spiro atoms. The highest BCUT2D eigenvalue weighted by Gasteiger charge is 2.24. The highest BCUT2D eigenvalue weighted by Crippen LogP contribution is 2.12. The molecular weight excluding hydrogens is 256 g/mol. The quantitative estimate of drug-likeness (QED) is 0.796. The first-order valence-corrected chi connectivity index (χ1v) is 9.37. The van der Waals surface area contributed by atoms with E-state index in [1.165, 1.54) is 24.6 Å².